The molecule has 0 radical (unpaired) electrons. The van der Waals surface area contributed by atoms with Crippen molar-refractivity contribution < 1.29 is 17.3 Å². The van der Waals surface area contributed by atoms with Crippen molar-refractivity contribution in [1.29, 1.82) is 0 Å². The van der Waals surface area contributed by atoms with Crippen molar-refractivity contribution >= 4 is 21.4 Å². The monoisotopic (exact) mass is 446 g/mol. The van der Waals surface area contributed by atoms with Crippen LogP contribution in [0.1, 0.15) is 28.6 Å². The summed E-state index contributed by atoms with van der Waals surface area (Å²) >= 11 is 1.55. The molecule has 10 heteroatoms. The Morgan fingerprint density at radius 2 is 2.00 bits per heavy atom. The maximum Gasteiger partial charge on any atom is 0.246 e. The molecule has 0 saturated carbocycles. The number of thiophene rings is 1. The lowest BCUT2D eigenvalue weighted by atomic mass is 10.3. The van der Waals surface area contributed by atoms with E-state index in [0.29, 0.717) is 35.3 Å². The van der Waals surface area contributed by atoms with Gasteiger partial charge in [-0.3, -0.25) is 4.68 Å². The first-order chi connectivity index (χ1) is 14.3. The molecule has 8 nitrogen and oxygen atoms in total. The first-order valence-corrected chi connectivity index (χ1v) is 11.6. The molecule has 4 heterocycles. The predicted molar refractivity (Wildman–Crippen MR) is 113 cm³/mol. The number of sulfonamides is 1. The molecule has 0 aliphatic carbocycles. The minimum atomic E-state index is -3.74. The zero-order valence-corrected chi connectivity index (χ0v) is 18.7. The van der Waals surface area contributed by atoms with Gasteiger partial charge in [-0.2, -0.15) is 9.40 Å². The summed E-state index contributed by atoms with van der Waals surface area (Å²) in [7, 11) is -2.21. The van der Waals surface area contributed by atoms with Gasteiger partial charge in [0.2, 0.25) is 15.9 Å². The summed E-state index contributed by atoms with van der Waals surface area (Å²) in [4.78, 5) is 5.74. The molecule has 4 rings (SSSR count). The highest BCUT2D eigenvalue weighted by molar-refractivity contribution is 7.89. The third kappa shape index (κ3) is 3.73. The van der Waals surface area contributed by atoms with E-state index in [4.69, 9.17) is 8.83 Å². The van der Waals surface area contributed by atoms with Gasteiger partial charge in [-0.25, -0.2) is 13.4 Å². The van der Waals surface area contributed by atoms with E-state index in [9.17, 15) is 8.42 Å². The number of hydrogen-bond donors (Lipinski definition) is 0. The minimum absolute atomic E-state index is 0.145. The van der Waals surface area contributed by atoms with E-state index in [-0.39, 0.29) is 11.4 Å². The lowest BCUT2D eigenvalue weighted by Crippen LogP contribution is -2.27. The Labute approximate surface area is 178 Å². The number of aromatic nitrogens is 3. The van der Waals surface area contributed by atoms with Crippen molar-refractivity contribution in [1.82, 2.24) is 19.1 Å². The van der Waals surface area contributed by atoms with Crippen LogP contribution < -0.4 is 0 Å². The average molecular weight is 447 g/mol. The Morgan fingerprint density at radius 1 is 1.20 bits per heavy atom. The topological polar surface area (TPSA) is 94.4 Å². The number of rotatable bonds is 7. The van der Waals surface area contributed by atoms with Crippen molar-refractivity contribution in [3.63, 3.8) is 0 Å². The second-order valence-electron chi connectivity index (χ2n) is 7.00. The Kier molecular flexibility index (Phi) is 5.39. The van der Waals surface area contributed by atoms with Crippen molar-refractivity contribution in [2.45, 2.75) is 38.8 Å². The molecule has 4 aromatic heterocycles. The fourth-order valence-corrected chi connectivity index (χ4v) is 5.44. The van der Waals surface area contributed by atoms with Crippen LogP contribution in [0.2, 0.25) is 0 Å². The van der Waals surface area contributed by atoms with Crippen LogP contribution in [-0.2, 0) is 23.1 Å². The SMILES string of the molecule is Cc1nn(Cc2nc(-c3cccs3)oc2C)c(C)c1S(=O)(=O)N(C)Cc1ccco1. The van der Waals surface area contributed by atoms with Crippen LogP contribution in [-0.4, -0.2) is 34.5 Å². The highest BCUT2D eigenvalue weighted by atomic mass is 32.2. The number of nitrogens with zero attached hydrogens (tertiary/aromatic N) is 4. The van der Waals surface area contributed by atoms with Gasteiger partial charge in [-0.1, -0.05) is 6.07 Å². The summed E-state index contributed by atoms with van der Waals surface area (Å²) in [6, 6.07) is 7.36. The van der Waals surface area contributed by atoms with Crippen molar-refractivity contribution in [2.75, 3.05) is 7.05 Å². The van der Waals surface area contributed by atoms with Gasteiger partial charge in [0.05, 0.1) is 35.6 Å². The summed E-state index contributed by atoms with van der Waals surface area (Å²) in [6.45, 7) is 5.77. The summed E-state index contributed by atoms with van der Waals surface area (Å²) in [5.74, 6) is 1.82. The molecule has 30 heavy (non-hydrogen) atoms. The fraction of sp³-hybridized carbons (Fsp3) is 0.300. The Morgan fingerprint density at radius 3 is 2.67 bits per heavy atom. The number of aryl methyl sites for hydroxylation is 2. The zero-order chi connectivity index (χ0) is 21.5. The number of furan rings is 1. The first-order valence-electron chi connectivity index (χ1n) is 9.30. The molecule has 0 bridgehead atoms. The summed E-state index contributed by atoms with van der Waals surface area (Å²) < 4.78 is 40.4. The number of oxazole rings is 1. The zero-order valence-electron chi connectivity index (χ0n) is 17.1. The van der Waals surface area contributed by atoms with Gasteiger partial charge in [0.1, 0.15) is 22.1 Å². The van der Waals surface area contributed by atoms with Gasteiger partial charge in [0, 0.05) is 7.05 Å². The third-order valence-corrected chi connectivity index (χ3v) is 7.78. The molecule has 0 amide bonds. The molecular weight excluding hydrogens is 424 g/mol. The van der Waals surface area contributed by atoms with Crippen molar-refractivity contribution in [2.24, 2.45) is 0 Å². The molecule has 0 atom stereocenters. The maximum atomic E-state index is 13.2. The average Bonchev–Trinajstić information content (AvgIpc) is 3.45. The molecule has 0 fully saturated rings. The van der Waals surface area contributed by atoms with E-state index in [1.54, 1.807) is 42.0 Å². The van der Waals surface area contributed by atoms with E-state index < -0.39 is 10.0 Å². The van der Waals surface area contributed by atoms with Crippen LogP contribution >= 0.6 is 11.3 Å². The molecule has 0 spiro atoms. The molecule has 158 valence electrons. The molecule has 0 aliphatic heterocycles. The van der Waals surface area contributed by atoms with E-state index in [2.05, 4.69) is 10.1 Å². The molecule has 0 N–H and O–H groups in total. The predicted octanol–water partition coefficient (Wildman–Crippen LogP) is 3.99. The van der Waals surface area contributed by atoms with E-state index in [1.165, 1.54) is 17.6 Å². The second-order valence-corrected chi connectivity index (χ2v) is 9.93. The van der Waals surface area contributed by atoms with Crippen LogP contribution in [0.25, 0.3) is 10.8 Å². The van der Waals surface area contributed by atoms with Crippen molar-refractivity contribution in [3.8, 4) is 10.8 Å². The Balaban J connectivity index is 1.62. The fourth-order valence-electron chi connectivity index (χ4n) is 3.29. The van der Waals surface area contributed by atoms with Crippen LogP contribution in [0.5, 0.6) is 0 Å². The maximum absolute atomic E-state index is 13.2. The second kappa shape index (κ2) is 7.86. The van der Waals surface area contributed by atoms with Gasteiger partial charge in [-0.05, 0) is 44.4 Å². The highest BCUT2D eigenvalue weighted by Crippen LogP contribution is 2.28. The summed E-state index contributed by atoms with van der Waals surface area (Å²) in [5.41, 5.74) is 1.72. The third-order valence-electron chi connectivity index (χ3n) is 4.87. The van der Waals surface area contributed by atoms with Crippen LogP contribution in [0.4, 0.5) is 0 Å². The summed E-state index contributed by atoms with van der Waals surface area (Å²) in [6.07, 6.45) is 1.52. The van der Waals surface area contributed by atoms with E-state index >= 15 is 0 Å². The molecule has 0 saturated heterocycles. The molecule has 4 aromatic rings. The van der Waals surface area contributed by atoms with Crippen LogP contribution in [0.3, 0.4) is 0 Å². The summed E-state index contributed by atoms with van der Waals surface area (Å²) in [5, 5.41) is 6.44. The largest absolute Gasteiger partial charge is 0.468 e. The normalized spacial score (nSPS) is 12.2. The van der Waals surface area contributed by atoms with E-state index in [1.807, 2.05) is 24.4 Å². The van der Waals surface area contributed by atoms with Gasteiger partial charge in [0.25, 0.3) is 0 Å². The van der Waals surface area contributed by atoms with Gasteiger partial charge in [-0.15, -0.1) is 11.3 Å². The molecule has 0 unspecified atom stereocenters. The number of hydrogen-bond acceptors (Lipinski definition) is 7. The van der Waals surface area contributed by atoms with Gasteiger partial charge in [0.15, 0.2) is 0 Å². The van der Waals surface area contributed by atoms with Crippen LogP contribution in [0.15, 0.2) is 49.6 Å². The molecule has 0 aromatic carbocycles. The molecular formula is C20H22N4O4S2. The van der Waals surface area contributed by atoms with Crippen molar-refractivity contribution in [3.05, 3.63) is 64.5 Å². The Hall–Kier alpha value is -2.69. The quantitative estimate of drug-likeness (QED) is 0.426. The lowest BCUT2D eigenvalue weighted by Gasteiger charge is -2.16. The standard InChI is InChI=1S/C20H22N4O4S2/c1-13-19(30(25,26)23(4)11-16-7-5-9-27-16)14(2)24(22-13)12-17-15(3)28-20(21-17)18-8-6-10-29-18/h5-10H,11-12H2,1-4H3. The smallest absolute Gasteiger partial charge is 0.246 e. The lowest BCUT2D eigenvalue weighted by molar-refractivity contribution is 0.406. The highest BCUT2D eigenvalue weighted by Gasteiger charge is 2.29. The first kappa shape index (κ1) is 20.6. The Bertz CT molecular complexity index is 1250. The van der Waals surface area contributed by atoms with Gasteiger partial charge >= 0.3 is 0 Å². The van der Waals surface area contributed by atoms with E-state index in [0.717, 1.165) is 10.6 Å². The van der Waals surface area contributed by atoms with Gasteiger partial charge < -0.3 is 8.83 Å². The minimum Gasteiger partial charge on any atom is -0.468 e. The molecule has 0 aliphatic rings. The van der Waals surface area contributed by atoms with Crippen LogP contribution in [0, 0.1) is 20.8 Å².